The monoisotopic (exact) mass is 171 g/mol. The Bertz CT molecular complexity index is 170. The van der Waals surface area contributed by atoms with Crippen LogP contribution >= 0.6 is 0 Å². The predicted molar refractivity (Wildman–Crippen MR) is 49.0 cm³/mol. The number of rotatable bonds is 2. The van der Waals surface area contributed by atoms with E-state index in [0.717, 1.165) is 0 Å². The minimum Gasteiger partial charge on any atom is -0.444 e. The molecule has 0 fully saturated rings. The maximum absolute atomic E-state index is 11.0. The van der Waals surface area contributed by atoms with Crippen LogP contribution in [-0.4, -0.2) is 17.7 Å². The second-order valence-electron chi connectivity index (χ2n) is 3.67. The summed E-state index contributed by atoms with van der Waals surface area (Å²) in [6.45, 7) is 10.8. The van der Waals surface area contributed by atoms with Crippen LogP contribution < -0.4 is 5.32 Å². The quantitative estimate of drug-likeness (QED) is 0.646. The van der Waals surface area contributed by atoms with Gasteiger partial charge in [0.1, 0.15) is 5.60 Å². The van der Waals surface area contributed by atoms with Crippen molar-refractivity contribution in [2.24, 2.45) is 0 Å². The van der Waals surface area contributed by atoms with E-state index in [9.17, 15) is 4.79 Å². The highest BCUT2D eigenvalue weighted by Gasteiger charge is 2.16. The highest BCUT2D eigenvalue weighted by molar-refractivity contribution is 5.68. The fourth-order valence-corrected chi connectivity index (χ4v) is 0.552. The molecule has 1 atom stereocenters. The normalized spacial score (nSPS) is 13.3. The van der Waals surface area contributed by atoms with Gasteiger partial charge in [0.15, 0.2) is 0 Å². The molecule has 0 aromatic rings. The van der Waals surface area contributed by atoms with E-state index in [0.29, 0.717) is 0 Å². The third kappa shape index (κ3) is 5.77. The van der Waals surface area contributed by atoms with Crippen LogP contribution in [0.1, 0.15) is 27.7 Å². The summed E-state index contributed by atoms with van der Waals surface area (Å²) in [7, 11) is 0. The first-order valence-electron chi connectivity index (χ1n) is 3.97. The Balaban J connectivity index is 3.82. The second kappa shape index (κ2) is 4.14. The van der Waals surface area contributed by atoms with Gasteiger partial charge in [-0.2, -0.15) is 0 Å². The molecular formula is C9H17NO2. The summed E-state index contributed by atoms with van der Waals surface area (Å²) in [5.74, 6) is 0. The molecule has 0 aliphatic rings. The van der Waals surface area contributed by atoms with E-state index >= 15 is 0 Å². The van der Waals surface area contributed by atoms with Gasteiger partial charge in [0.05, 0.1) is 0 Å². The molecule has 0 radical (unpaired) electrons. The van der Waals surface area contributed by atoms with Crippen molar-refractivity contribution >= 4 is 6.09 Å². The zero-order chi connectivity index (χ0) is 9.78. The van der Waals surface area contributed by atoms with Crippen molar-refractivity contribution < 1.29 is 9.53 Å². The Hall–Kier alpha value is -0.990. The lowest BCUT2D eigenvalue weighted by atomic mass is 10.2. The molecular weight excluding hydrogens is 154 g/mol. The molecule has 0 saturated carbocycles. The third-order valence-corrected chi connectivity index (χ3v) is 1.10. The number of hydrogen-bond donors (Lipinski definition) is 1. The van der Waals surface area contributed by atoms with Crippen LogP contribution in [0.25, 0.3) is 0 Å². The Morgan fingerprint density at radius 3 is 2.42 bits per heavy atom. The molecule has 0 aromatic heterocycles. The van der Waals surface area contributed by atoms with Crippen LogP contribution in [0, 0.1) is 0 Å². The number of nitrogens with one attached hydrogen (secondary N) is 1. The second-order valence-corrected chi connectivity index (χ2v) is 3.67. The largest absolute Gasteiger partial charge is 0.444 e. The van der Waals surface area contributed by atoms with Crippen molar-refractivity contribution in [3.8, 4) is 0 Å². The van der Waals surface area contributed by atoms with Crippen LogP contribution in [-0.2, 0) is 4.74 Å². The molecule has 1 N–H and O–H groups in total. The molecule has 0 aliphatic heterocycles. The summed E-state index contributed by atoms with van der Waals surface area (Å²) >= 11 is 0. The van der Waals surface area contributed by atoms with Gasteiger partial charge in [-0.05, 0) is 27.7 Å². The van der Waals surface area contributed by atoms with Crippen LogP contribution in [0.3, 0.4) is 0 Å². The van der Waals surface area contributed by atoms with E-state index in [1.54, 1.807) is 6.08 Å². The fourth-order valence-electron chi connectivity index (χ4n) is 0.552. The number of carbonyl (C=O) groups is 1. The van der Waals surface area contributed by atoms with E-state index in [1.807, 2.05) is 27.7 Å². The lowest BCUT2D eigenvalue weighted by molar-refractivity contribution is 0.0518. The van der Waals surface area contributed by atoms with Crippen molar-refractivity contribution in [2.45, 2.75) is 39.3 Å². The number of alkyl carbamates (subject to hydrolysis) is 1. The molecule has 12 heavy (non-hydrogen) atoms. The maximum atomic E-state index is 11.0. The first-order chi connectivity index (χ1) is 5.35. The summed E-state index contributed by atoms with van der Waals surface area (Å²) in [4.78, 5) is 11.0. The van der Waals surface area contributed by atoms with Gasteiger partial charge in [0.2, 0.25) is 0 Å². The molecule has 1 amide bonds. The molecule has 0 rings (SSSR count). The third-order valence-electron chi connectivity index (χ3n) is 1.10. The van der Waals surface area contributed by atoms with E-state index < -0.39 is 11.7 Å². The van der Waals surface area contributed by atoms with Crippen molar-refractivity contribution in [1.29, 1.82) is 0 Å². The smallest absolute Gasteiger partial charge is 0.408 e. The van der Waals surface area contributed by atoms with Crippen LogP contribution in [0.15, 0.2) is 12.7 Å². The van der Waals surface area contributed by atoms with Gasteiger partial charge in [-0.1, -0.05) is 6.08 Å². The highest BCUT2D eigenvalue weighted by Crippen LogP contribution is 2.06. The summed E-state index contributed by atoms with van der Waals surface area (Å²) < 4.78 is 5.01. The van der Waals surface area contributed by atoms with Gasteiger partial charge in [-0.15, -0.1) is 6.58 Å². The Kier molecular flexibility index (Phi) is 3.80. The minimum atomic E-state index is -0.440. The number of ether oxygens (including phenoxy) is 1. The molecule has 70 valence electrons. The average molecular weight is 171 g/mol. The molecule has 0 heterocycles. The summed E-state index contributed by atoms with van der Waals surface area (Å²) in [6.07, 6.45) is 1.24. The topological polar surface area (TPSA) is 38.3 Å². The van der Waals surface area contributed by atoms with Gasteiger partial charge in [-0.3, -0.25) is 0 Å². The zero-order valence-electron chi connectivity index (χ0n) is 8.18. The maximum Gasteiger partial charge on any atom is 0.408 e. The van der Waals surface area contributed by atoms with Crippen molar-refractivity contribution in [1.82, 2.24) is 5.32 Å². The van der Waals surface area contributed by atoms with Crippen LogP contribution in [0.2, 0.25) is 0 Å². The Morgan fingerprint density at radius 1 is 1.58 bits per heavy atom. The van der Waals surface area contributed by atoms with E-state index in [1.165, 1.54) is 0 Å². The van der Waals surface area contributed by atoms with Gasteiger partial charge in [0.25, 0.3) is 0 Å². The standard InChI is InChI=1S/C9H17NO2/c1-6-7(2)10-8(11)12-9(3,4)5/h6-7H,1H2,2-5H3,(H,10,11)/t7-/m1/s1. The number of amides is 1. The minimum absolute atomic E-state index is 0.0557. The summed E-state index contributed by atoms with van der Waals surface area (Å²) in [6, 6.07) is -0.0557. The molecule has 3 heteroatoms. The first-order valence-corrected chi connectivity index (χ1v) is 3.97. The Labute approximate surface area is 73.8 Å². The van der Waals surface area contributed by atoms with Crippen molar-refractivity contribution in [3.63, 3.8) is 0 Å². The summed E-state index contributed by atoms with van der Waals surface area (Å²) in [5.41, 5.74) is -0.440. The lowest BCUT2D eigenvalue weighted by Crippen LogP contribution is -2.36. The fraction of sp³-hybridized carbons (Fsp3) is 0.667. The molecule has 3 nitrogen and oxygen atoms in total. The molecule has 0 saturated heterocycles. The Morgan fingerprint density at radius 2 is 2.08 bits per heavy atom. The number of hydrogen-bond acceptors (Lipinski definition) is 2. The van der Waals surface area contributed by atoms with Crippen LogP contribution in [0.5, 0.6) is 0 Å². The van der Waals surface area contributed by atoms with Crippen molar-refractivity contribution in [2.75, 3.05) is 0 Å². The molecule has 0 spiro atoms. The molecule has 0 bridgehead atoms. The molecule has 0 aliphatic carbocycles. The van der Waals surface area contributed by atoms with E-state index in [-0.39, 0.29) is 6.04 Å². The lowest BCUT2D eigenvalue weighted by Gasteiger charge is -2.20. The highest BCUT2D eigenvalue weighted by atomic mass is 16.6. The zero-order valence-corrected chi connectivity index (χ0v) is 8.18. The van der Waals surface area contributed by atoms with Crippen LogP contribution in [0.4, 0.5) is 4.79 Å². The van der Waals surface area contributed by atoms with E-state index in [2.05, 4.69) is 11.9 Å². The molecule has 0 unspecified atom stereocenters. The summed E-state index contributed by atoms with van der Waals surface area (Å²) in [5, 5.41) is 2.61. The molecule has 0 aromatic carbocycles. The predicted octanol–water partition coefficient (Wildman–Crippen LogP) is 2.09. The van der Waals surface area contributed by atoms with Crippen molar-refractivity contribution in [3.05, 3.63) is 12.7 Å². The average Bonchev–Trinajstić information content (AvgIpc) is 1.82. The first kappa shape index (κ1) is 11.0. The van der Waals surface area contributed by atoms with Gasteiger partial charge in [-0.25, -0.2) is 4.79 Å². The van der Waals surface area contributed by atoms with E-state index in [4.69, 9.17) is 4.74 Å². The number of carbonyl (C=O) groups excluding carboxylic acids is 1. The van der Waals surface area contributed by atoms with Gasteiger partial charge in [0, 0.05) is 6.04 Å². The van der Waals surface area contributed by atoms with Gasteiger partial charge >= 0.3 is 6.09 Å². The SMILES string of the molecule is C=C[C@@H](C)NC(=O)OC(C)(C)C. The van der Waals surface area contributed by atoms with Gasteiger partial charge < -0.3 is 10.1 Å².